The van der Waals surface area contributed by atoms with Gasteiger partial charge in [0.25, 0.3) is 0 Å². The molecular formula is C12H26N2O2SSi. The van der Waals surface area contributed by atoms with Gasteiger partial charge in [0.15, 0.2) is 0 Å². The Hall–Kier alpha value is -0.493. The zero-order valence-electron chi connectivity index (χ0n) is 11.9. The van der Waals surface area contributed by atoms with E-state index in [2.05, 4.69) is 42.9 Å². The van der Waals surface area contributed by atoms with E-state index in [1.165, 1.54) is 13.0 Å². The van der Waals surface area contributed by atoms with E-state index >= 15 is 0 Å². The highest BCUT2D eigenvalue weighted by Gasteiger charge is 2.17. The number of hydrogen-bond acceptors (Lipinski definition) is 3. The van der Waals surface area contributed by atoms with Gasteiger partial charge in [-0.1, -0.05) is 32.1 Å². The number of unbranched alkanes of at least 4 members (excludes halogenated alkanes) is 1. The zero-order chi connectivity index (χ0) is 14.2. The highest BCUT2D eigenvalue weighted by atomic mass is 32.1. The van der Waals surface area contributed by atoms with Crippen LogP contribution in [0.15, 0.2) is 0 Å². The molecule has 6 heteroatoms. The molecule has 0 aromatic heterocycles. The second-order valence-corrected chi connectivity index (χ2v) is 11.7. The maximum absolute atomic E-state index is 11.7. The first-order chi connectivity index (χ1) is 8.26. The zero-order valence-corrected chi connectivity index (χ0v) is 13.8. The molecule has 0 aliphatic rings. The van der Waals surface area contributed by atoms with Gasteiger partial charge in [0, 0.05) is 27.3 Å². The van der Waals surface area contributed by atoms with Gasteiger partial charge in [0.2, 0.25) is 11.8 Å². The van der Waals surface area contributed by atoms with E-state index in [0.29, 0.717) is 12.3 Å². The molecule has 0 saturated heterocycles. The van der Waals surface area contributed by atoms with Crippen LogP contribution in [0.25, 0.3) is 0 Å². The summed E-state index contributed by atoms with van der Waals surface area (Å²) in [6, 6.07) is 0.757. The van der Waals surface area contributed by atoms with E-state index in [0.717, 1.165) is 12.8 Å². The van der Waals surface area contributed by atoms with Crippen molar-refractivity contribution < 1.29 is 9.59 Å². The van der Waals surface area contributed by atoms with Crippen molar-refractivity contribution >= 4 is 32.5 Å². The molecule has 0 bridgehead atoms. The van der Waals surface area contributed by atoms with Crippen LogP contribution in [0.4, 0.5) is 0 Å². The molecule has 106 valence electrons. The van der Waals surface area contributed by atoms with Gasteiger partial charge < -0.3 is 10.6 Å². The minimum atomic E-state index is -0.967. The molecule has 2 N–H and O–H groups in total. The molecule has 0 saturated carbocycles. The Kier molecular flexibility index (Phi) is 8.35. The van der Waals surface area contributed by atoms with Crippen molar-refractivity contribution in [2.45, 2.75) is 51.5 Å². The van der Waals surface area contributed by atoms with Crippen LogP contribution in [-0.4, -0.2) is 38.2 Å². The third kappa shape index (κ3) is 9.53. The van der Waals surface area contributed by atoms with Crippen LogP contribution in [0.3, 0.4) is 0 Å². The smallest absolute Gasteiger partial charge is 0.243 e. The average molecular weight is 291 g/mol. The minimum absolute atomic E-state index is 0.145. The van der Waals surface area contributed by atoms with Gasteiger partial charge in [0.05, 0.1) is 0 Å². The molecule has 0 radical (unpaired) electrons. The number of rotatable bonds is 8. The number of thiol groups is 1. The summed E-state index contributed by atoms with van der Waals surface area (Å²) < 4.78 is 0. The molecule has 0 aliphatic carbocycles. The molecule has 0 spiro atoms. The second-order valence-electron chi connectivity index (χ2n) is 5.74. The van der Waals surface area contributed by atoms with Crippen LogP contribution in [-0.2, 0) is 9.59 Å². The van der Waals surface area contributed by atoms with Gasteiger partial charge in [-0.3, -0.25) is 9.59 Å². The average Bonchev–Trinajstić information content (AvgIpc) is 2.23. The number of hydrogen-bond donors (Lipinski definition) is 3. The van der Waals surface area contributed by atoms with Crippen molar-refractivity contribution in [1.82, 2.24) is 10.6 Å². The number of carbonyl (C=O) groups is 2. The van der Waals surface area contributed by atoms with Crippen molar-refractivity contribution in [3.05, 3.63) is 0 Å². The summed E-state index contributed by atoms with van der Waals surface area (Å²) in [5.74, 6) is -0.0310. The van der Waals surface area contributed by atoms with E-state index in [1.54, 1.807) is 0 Å². The molecule has 2 amide bonds. The van der Waals surface area contributed by atoms with Crippen LogP contribution in [0, 0.1) is 0 Å². The Balaban J connectivity index is 3.78. The molecule has 4 nitrogen and oxygen atoms in total. The fraction of sp³-hybridized carbons (Fsp3) is 0.833. The van der Waals surface area contributed by atoms with Crippen LogP contribution >= 0.6 is 12.6 Å². The highest BCUT2D eigenvalue weighted by Crippen LogP contribution is 2.12. The van der Waals surface area contributed by atoms with Crippen molar-refractivity contribution in [2.75, 3.05) is 12.3 Å². The van der Waals surface area contributed by atoms with Gasteiger partial charge in [-0.25, -0.2) is 0 Å². The van der Waals surface area contributed by atoms with Crippen LogP contribution in [0.5, 0.6) is 0 Å². The summed E-state index contributed by atoms with van der Waals surface area (Å²) >= 11 is 4.06. The normalized spacial score (nSPS) is 12.9. The third-order valence-electron chi connectivity index (χ3n) is 2.53. The number of nitrogens with one attached hydrogen (secondary N) is 2. The lowest BCUT2D eigenvalue weighted by atomic mass is 10.3. The summed E-state index contributed by atoms with van der Waals surface area (Å²) in [4.78, 5) is 22.6. The summed E-state index contributed by atoms with van der Waals surface area (Å²) in [6.45, 7) is 9.11. The molecule has 0 rings (SSSR count). The van der Waals surface area contributed by atoms with Crippen molar-refractivity contribution in [1.29, 1.82) is 0 Å². The predicted octanol–water partition coefficient (Wildman–Crippen LogP) is 1.66. The highest BCUT2D eigenvalue weighted by molar-refractivity contribution is 7.80. The first kappa shape index (κ1) is 17.5. The SMILES string of the molecule is CC(=O)NC(CS)C(=O)NCCCC[Si](C)(C)C. The quantitative estimate of drug-likeness (QED) is 0.362. The number of carbonyl (C=O) groups excluding carboxylic acids is 2. The molecule has 1 unspecified atom stereocenters. The Morgan fingerprint density at radius 1 is 1.22 bits per heavy atom. The van der Waals surface area contributed by atoms with Crippen molar-refractivity contribution in [3.8, 4) is 0 Å². The first-order valence-corrected chi connectivity index (χ1v) is 10.8. The largest absolute Gasteiger partial charge is 0.354 e. The van der Waals surface area contributed by atoms with Gasteiger partial charge in [-0.15, -0.1) is 0 Å². The maximum atomic E-state index is 11.7. The summed E-state index contributed by atoms with van der Waals surface area (Å²) in [5.41, 5.74) is 0. The monoisotopic (exact) mass is 290 g/mol. The van der Waals surface area contributed by atoms with Crippen LogP contribution < -0.4 is 10.6 Å². The van der Waals surface area contributed by atoms with E-state index in [1.807, 2.05) is 0 Å². The van der Waals surface area contributed by atoms with Crippen LogP contribution in [0.1, 0.15) is 19.8 Å². The fourth-order valence-electron chi connectivity index (χ4n) is 1.55. The van der Waals surface area contributed by atoms with Gasteiger partial charge >= 0.3 is 0 Å². The molecular weight excluding hydrogens is 264 g/mol. The van der Waals surface area contributed by atoms with Crippen molar-refractivity contribution in [2.24, 2.45) is 0 Å². The molecule has 0 aromatic rings. The molecule has 0 aromatic carbocycles. The maximum Gasteiger partial charge on any atom is 0.243 e. The molecule has 0 aliphatic heterocycles. The topological polar surface area (TPSA) is 58.2 Å². The second kappa shape index (κ2) is 8.58. The van der Waals surface area contributed by atoms with E-state index in [-0.39, 0.29) is 11.8 Å². The summed E-state index contributed by atoms with van der Waals surface area (Å²) in [7, 11) is -0.967. The van der Waals surface area contributed by atoms with Crippen LogP contribution in [0.2, 0.25) is 25.7 Å². The Morgan fingerprint density at radius 2 is 1.83 bits per heavy atom. The lowest BCUT2D eigenvalue weighted by Gasteiger charge is -2.17. The lowest BCUT2D eigenvalue weighted by Crippen LogP contribution is -2.47. The lowest BCUT2D eigenvalue weighted by molar-refractivity contribution is -0.127. The van der Waals surface area contributed by atoms with Gasteiger partial charge in [0.1, 0.15) is 6.04 Å². The van der Waals surface area contributed by atoms with E-state index in [9.17, 15) is 9.59 Å². The summed E-state index contributed by atoms with van der Waals surface area (Å²) in [6.07, 6.45) is 2.15. The van der Waals surface area contributed by atoms with E-state index < -0.39 is 14.1 Å². The Bertz CT molecular complexity index is 280. The molecule has 0 heterocycles. The number of amides is 2. The molecule has 18 heavy (non-hydrogen) atoms. The van der Waals surface area contributed by atoms with Gasteiger partial charge in [-0.05, 0) is 6.42 Å². The van der Waals surface area contributed by atoms with Crippen molar-refractivity contribution in [3.63, 3.8) is 0 Å². The first-order valence-electron chi connectivity index (χ1n) is 6.42. The predicted molar refractivity (Wildman–Crippen MR) is 81.9 cm³/mol. The van der Waals surface area contributed by atoms with Gasteiger partial charge in [-0.2, -0.15) is 12.6 Å². The minimum Gasteiger partial charge on any atom is -0.354 e. The van der Waals surface area contributed by atoms with E-state index in [4.69, 9.17) is 0 Å². The summed E-state index contributed by atoms with van der Waals surface area (Å²) in [5, 5.41) is 5.41. The molecule has 0 fully saturated rings. The Morgan fingerprint density at radius 3 is 2.28 bits per heavy atom. The fourth-order valence-corrected chi connectivity index (χ4v) is 3.12. The third-order valence-corrected chi connectivity index (χ3v) is 4.75. The standard InChI is InChI=1S/C12H26N2O2SSi/c1-10(15)14-11(9-17)12(16)13-7-5-6-8-18(2,3)4/h11,17H,5-9H2,1-4H3,(H,13,16)(H,14,15). The Labute approximate surface area is 117 Å². The molecule has 1 atom stereocenters.